The number of nitrogens with one attached hydrogen (secondary N) is 1. The molecule has 0 saturated carbocycles. The van der Waals surface area contributed by atoms with Crippen LogP contribution in [0.15, 0.2) is 88.9 Å². The first-order valence-electron chi connectivity index (χ1n) is 12.9. The van der Waals surface area contributed by atoms with E-state index in [9.17, 15) is 19.5 Å². The molecule has 5 aromatic rings. The zero-order valence-corrected chi connectivity index (χ0v) is 22.4. The van der Waals surface area contributed by atoms with Gasteiger partial charge in [-0.15, -0.1) is 0 Å². The molecule has 2 aromatic heterocycles. The summed E-state index contributed by atoms with van der Waals surface area (Å²) in [7, 11) is 1.96. The summed E-state index contributed by atoms with van der Waals surface area (Å²) in [6, 6.07) is 22.3. The minimum atomic E-state index is -1.06. The zero-order chi connectivity index (χ0) is 28.0. The minimum absolute atomic E-state index is 0.203. The maximum absolute atomic E-state index is 13.7. The summed E-state index contributed by atoms with van der Waals surface area (Å²) < 4.78 is 2.01. The topological polar surface area (TPSA) is 108 Å². The number of carboxylic acids is 1. The summed E-state index contributed by atoms with van der Waals surface area (Å²) in [6.45, 7) is 0. The Morgan fingerprint density at radius 3 is 2.60 bits per heavy atom. The quantitative estimate of drug-likeness (QED) is 0.274. The number of aromatic amines is 1. The molecule has 0 saturated heterocycles. The molecule has 40 heavy (non-hydrogen) atoms. The maximum Gasteiger partial charge on any atom is 0.303 e. The fraction of sp³-hybridized carbons (Fsp3) is 0.161. The highest BCUT2D eigenvalue weighted by atomic mass is 35.5. The molecule has 200 valence electrons. The van der Waals surface area contributed by atoms with Crippen molar-refractivity contribution in [1.82, 2.24) is 14.6 Å². The largest absolute Gasteiger partial charge is 0.481 e. The van der Waals surface area contributed by atoms with Gasteiger partial charge >= 0.3 is 5.97 Å². The fourth-order valence-electron chi connectivity index (χ4n) is 5.43. The minimum Gasteiger partial charge on any atom is -0.481 e. The van der Waals surface area contributed by atoms with Crippen LogP contribution in [0.2, 0.25) is 5.02 Å². The first-order chi connectivity index (χ1) is 19.3. The number of nitrogens with zero attached hydrogens (tertiary/aromatic N) is 3. The molecule has 0 aliphatic carbocycles. The summed E-state index contributed by atoms with van der Waals surface area (Å²) in [5.41, 5.74) is 4.50. The van der Waals surface area contributed by atoms with Gasteiger partial charge in [0.2, 0.25) is 5.91 Å². The summed E-state index contributed by atoms with van der Waals surface area (Å²) in [6.07, 6.45) is 1.74. The highest BCUT2D eigenvalue weighted by Crippen LogP contribution is 2.38. The normalized spacial score (nSPS) is 15.1. The molecule has 1 aliphatic rings. The molecule has 1 unspecified atom stereocenters. The average Bonchev–Trinajstić information content (AvgIpc) is 3.55. The number of halogens is 1. The number of pyridine rings is 1. The molecule has 3 aromatic carbocycles. The van der Waals surface area contributed by atoms with Crippen molar-refractivity contribution in [3.8, 4) is 11.1 Å². The third-order valence-electron chi connectivity index (χ3n) is 7.34. The van der Waals surface area contributed by atoms with Crippen molar-refractivity contribution in [1.29, 1.82) is 0 Å². The predicted molar refractivity (Wildman–Crippen MR) is 156 cm³/mol. The Hall–Kier alpha value is -4.69. The number of fused-ring (bicyclic) bond motifs is 2. The average molecular weight is 553 g/mol. The Kier molecular flexibility index (Phi) is 6.48. The molecule has 6 rings (SSSR count). The van der Waals surface area contributed by atoms with Crippen LogP contribution in [0.3, 0.4) is 0 Å². The summed E-state index contributed by atoms with van der Waals surface area (Å²) >= 11 is 6.38. The van der Waals surface area contributed by atoms with Gasteiger partial charge in [0.25, 0.3) is 5.56 Å². The summed E-state index contributed by atoms with van der Waals surface area (Å²) in [5.74, 6) is -1.48. The van der Waals surface area contributed by atoms with Crippen molar-refractivity contribution in [2.24, 2.45) is 12.1 Å². The van der Waals surface area contributed by atoms with Gasteiger partial charge < -0.3 is 14.7 Å². The number of carboxylic acid groups (broad SMARTS) is 1. The van der Waals surface area contributed by atoms with Crippen molar-refractivity contribution < 1.29 is 14.7 Å². The van der Waals surface area contributed by atoms with Crippen LogP contribution >= 0.6 is 11.6 Å². The molecule has 0 fully saturated rings. The van der Waals surface area contributed by atoms with E-state index in [4.69, 9.17) is 16.7 Å². The monoisotopic (exact) mass is 552 g/mol. The van der Waals surface area contributed by atoms with E-state index in [2.05, 4.69) is 4.98 Å². The lowest BCUT2D eigenvalue weighted by Crippen LogP contribution is -2.27. The van der Waals surface area contributed by atoms with Crippen LogP contribution in [0.1, 0.15) is 36.4 Å². The van der Waals surface area contributed by atoms with Crippen LogP contribution in [0.5, 0.6) is 0 Å². The number of rotatable bonds is 6. The van der Waals surface area contributed by atoms with Gasteiger partial charge in [-0.1, -0.05) is 48.0 Å². The number of amides is 1. The van der Waals surface area contributed by atoms with E-state index in [-0.39, 0.29) is 24.8 Å². The van der Waals surface area contributed by atoms with Crippen LogP contribution < -0.4 is 5.56 Å². The molecule has 1 atom stereocenters. The lowest BCUT2D eigenvalue weighted by Gasteiger charge is -2.22. The smallest absolute Gasteiger partial charge is 0.303 e. The van der Waals surface area contributed by atoms with Gasteiger partial charge in [0.15, 0.2) is 0 Å². The summed E-state index contributed by atoms with van der Waals surface area (Å²) in [5, 5.41) is 17.5. The number of hydrogen-bond donors (Lipinski definition) is 2. The molecular formula is C31H25ClN4O4. The number of H-pyrrole nitrogens is 1. The molecule has 8 nitrogen and oxygen atoms in total. The van der Waals surface area contributed by atoms with E-state index in [1.165, 1.54) is 5.01 Å². The van der Waals surface area contributed by atoms with Crippen LogP contribution in [0.4, 0.5) is 0 Å². The van der Waals surface area contributed by atoms with Crippen LogP contribution in [-0.2, 0) is 16.6 Å². The molecule has 9 heteroatoms. The van der Waals surface area contributed by atoms with Gasteiger partial charge in [-0.05, 0) is 52.9 Å². The summed E-state index contributed by atoms with van der Waals surface area (Å²) in [4.78, 5) is 41.2. The van der Waals surface area contributed by atoms with Crippen LogP contribution in [-0.4, -0.2) is 37.3 Å². The van der Waals surface area contributed by atoms with Crippen molar-refractivity contribution in [3.05, 3.63) is 105 Å². The van der Waals surface area contributed by atoms with Gasteiger partial charge in [-0.2, -0.15) is 5.10 Å². The Morgan fingerprint density at radius 1 is 1.02 bits per heavy atom. The van der Waals surface area contributed by atoms with E-state index >= 15 is 0 Å². The number of hydrogen-bond acceptors (Lipinski definition) is 4. The predicted octanol–water partition coefficient (Wildman–Crippen LogP) is 5.88. The van der Waals surface area contributed by atoms with Crippen LogP contribution in [0.25, 0.3) is 32.9 Å². The Bertz CT molecular complexity index is 1890. The van der Waals surface area contributed by atoms with Crippen molar-refractivity contribution >= 4 is 51.0 Å². The molecule has 2 N–H and O–H groups in total. The highest BCUT2D eigenvalue weighted by molar-refractivity contribution is 6.31. The van der Waals surface area contributed by atoms with E-state index in [1.807, 2.05) is 78.5 Å². The lowest BCUT2D eigenvalue weighted by molar-refractivity contribution is -0.141. The van der Waals surface area contributed by atoms with E-state index in [0.29, 0.717) is 27.4 Å². The SMILES string of the molecule is Cn1ccc2cc(C3CC(c4c(-c5ccccc5)c5cc(Cl)ccc5[nH]c4=O)=NN3C(=O)CCC(=O)O)ccc21. The van der Waals surface area contributed by atoms with Crippen molar-refractivity contribution in [2.75, 3.05) is 0 Å². The molecule has 1 amide bonds. The van der Waals surface area contributed by atoms with Crippen molar-refractivity contribution in [3.63, 3.8) is 0 Å². The Morgan fingerprint density at radius 2 is 1.82 bits per heavy atom. The third kappa shape index (κ3) is 4.56. The maximum atomic E-state index is 13.7. The standard InChI is InChI=1S/C31H25ClN4O4/c1-35-14-13-20-15-19(7-10-25(20)35)26-17-24(34-36(26)27(37)11-12-28(38)39)30-29(18-5-3-2-4-6-18)22-16-21(32)8-9-23(22)33-31(30)40/h2-10,13-16,26H,11-12,17H2,1H3,(H,33,40)(H,38,39). The van der Waals surface area contributed by atoms with E-state index in [1.54, 1.807) is 12.1 Å². The van der Waals surface area contributed by atoms with Gasteiger partial charge in [0, 0.05) is 53.1 Å². The van der Waals surface area contributed by atoms with Gasteiger partial charge in [0.05, 0.1) is 23.7 Å². The molecule has 0 radical (unpaired) electrons. The van der Waals surface area contributed by atoms with E-state index in [0.717, 1.165) is 27.4 Å². The second-order valence-corrected chi connectivity index (χ2v) is 10.3. The number of aryl methyl sites for hydroxylation is 1. The second kappa shape index (κ2) is 10.1. The van der Waals surface area contributed by atoms with Crippen LogP contribution in [0, 0.1) is 0 Å². The molecule has 1 aliphatic heterocycles. The molecular weight excluding hydrogens is 528 g/mol. The first kappa shape index (κ1) is 25.6. The number of benzene rings is 3. The number of carbonyl (C=O) groups is 2. The number of aliphatic carboxylic acids is 1. The first-order valence-corrected chi connectivity index (χ1v) is 13.3. The molecule has 3 heterocycles. The Labute approximate surface area is 234 Å². The van der Waals surface area contributed by atoms with Crippen molar-refractivity contribution in [2.45, 2.75) is 25.3 Å². The second-order valence-electron chi connectivity index (χ2n) is 9.90. The lowest BCUT2D eigenvalue weighted by atomic mass is 9.91. The fourth-order valence-corrected chi connectivity index (χ4v) is 5.60. The molecule has 0 spiro atoms. The third-order valence-corrected chi connectivity index (χ3v) is 7.58. The van der Waals surface area contributed by atoms with E-state index < -0.39 is 17.9 Å². The number of carbonyl (C=O) groups excluding carboxylic acids is 1. The zero-order valence-electron chi connectivity index (χ0n) is 21.6. The highest BCUT2D eigenvalue weighted by Gasteiger charge is 2.35. The van der Waals surface area contributed by atoms with Gasteiger partial charge in [-0.25, -0.2) is 5.01 Å². The van der Waals surface area contributed by atoms with Gasteiger partial charge in [0.1, 0.15) is 0 Å². The number of hydrazone groups is 1. The Balaban J connectivity index is 1.53. The van der Waals surface area contributed by atoms with Gasteiger partial charge in [-0.3, -0.25) is 14.4 Å². The molecule has 0 bridgehead atoms. The number of aromatic nitrogens is 2.